The third-order valence-electron chi connectivity index (χ3n) is 4.56. The van der Waals surface area contributed by atoms with Crippen LogP contribution in [0.1, 0.15) is 5.69 Å². The van der Waals surface area contributed by atoms with Gasteiger partial charge >= 0.3 is 6.03 Å². The number of nitrogens with zero attached hydrogens (tertiary/aromatic N) is 2. The molecule has 6 nitrogen and oxygen atoms in total. The Kier molecular flexibility index (Phi) is 4.38. The fraction of sp³-hybridized carbons (Fsp3) is 0.368. The predicted molar refractivity (Wildman–Crippen MR) is 94.5 cm³/mol. The van der Waals surface area contributed by atoms with Crippen LogP contribution in [0.2, 0.25) is 0 Å². The van der Waals surface area contributed by atoms with E-state index in [1.807, 2.05) is 49.5 Å². The van der Waals surface area contributed by atoms with Gasteiger partial charge in [0, 0.05) is 11.8 Å². The second-order valence-corrected chi connectivity index (χ2v) is 6.48. The third-order valence-corrected chi connectivity index (χ3v) is 4.56. The molecular weight excluding hydrogens is 318 g/mol. The highest BCUT2D eigenvalue weighted by Gasteiger charge is 2.34. The van der Waals surface area contributed by atoms with Crippen molar-refractivity contribution >= 4 is 11.7 Å². The lowest BCUT2D eigenvalue weighted by Crippen LogP contribution is -2.56. The molecule has 2 aliphatic rings. The maximum atomic E-state index is 12.7. The highest BCUT2D eigenvalue weighted by Crippen LogP contribution is 2.24. The fourth-order valence-corrected chi connectivity index (χ4v) is 3.25. The van der Waals surface area contributed by atoms with Crippen LogP contribution in [0.15, 0.2) is 42.6 Å². The number of fused-ring (bicyclic) bond motifs is 2. The topological polar surface area (TPSA) is 63.7 Å². The summed E-state index contributed by atoms with van der Waals surface area (Å²) in [6.07, 6.45) is 1.76. The molecule has 0 radical (unpaired) electrons. The number of morpholine rings is 1. The first kappa shape index (κ1) is 16.1. The Hall–Kier alpha value is -2.44. The Morgan fingerprint density at radius 2 is 1.88 bits per heavy atom. The van der Waals surface area contributed by atoms with Crippen molar-refractivity contribution in [2.75, 3.05) is 31.6 Å². The summed E-state index contributed by atoms with van der Waals surface area (Å²) >= 11 is 0. The van der Waals surface area contributed by atoms with Crippen molar-refractivity contribution in [3.05, 3.63) is 48.3 Å². The number of urea groups is 1. The van der Waals surface area contributed by atoms with Gasteiger partial charge in [-0.3, -0.25) is 4.98 Å². The molecule has 3 heterocycles. The van der Waals surface area contributed by atoms with Gasteiger partial charge in [-0.15, -0.1) is 0 Å². The summed E-state index contributed by atoms with van der Waals surface area (Å²) in [5.41, 5.74) is 3.58. The lowest BCUT2D eigenvalue weighted by molar-refractivity contribution is -0.170. The monoisotopic (exact) mass is 339 g/mol. The first-order chi connectivity index (χ1) is 12.2. The summed E-state index contributed by atoms with van der Waals surface area (Å²) < 4.78 is 11.3. The number of anilines is 1. The Morgan fingerprint density at radius 3 is 2.60 bits per heavy atom. The van der Waals surface area contributed by atoms with Gasteiger partial charge in [-0.1, -0.05) is 30.3 Å². The number of hydrogen-bond acceptors (Lipinski definition) is 4. The lowest BCUT2D eigenvalue weighted by atomic mass is 10.1. The van der Waals surface area contributed by atoms with E-state index in [1.165, 1.54) is 0 Å². The van der Waals surface area contributed by atoms with Crippen molar-refractivity contribution in [3.63, 3.8) is 0 Å². The van der Waals surface area contributed by atoms with Crippen molar-refractivity contribution in [1.29, 1.82) is 0 Å². The van der Waals surface area contributed by atoms with Gasteiger partial charge in [-0.05, 0) is 18.6 Å². The second kappa shape index (κ2) is 6.82. The Labute approximate surface area is 146 Å². The molecule has 1 aromatic heterocycles. The van der Waals surface area contributed by atoms with Crippen molar-refractivity contribution in [3.8, 4) is 11.1 Å². The minimum atomic E-state index is -0.115. The van der Waals surface area contributed by atoms with Crippen molar-refractivity contribution in [2.45, 2.75) is 19.1 Å². The molecule has 2 bridgehead atoms. The number of ether oxygens (including phenoxy) is 2. The molecule has 6 heteroatoms. The van der Waals surface area contributed by atoms with Crippen molar-refractivity contribution in [1.82, 2.24) is 9.88 Å². The molecule has 0 spiro atoms. The number of hydrogen-bond donors (Lipinski definition) is 1. The standard InChI is InChI=1S/C19H21N3O3/c1-13-18(7-15(8-20-13)14-5-3-2-4-6-14)21-19(23)22-9-16-11-24-12-17(10-22)25-16/h2-8,16-17H,9-12H2,1H3,(H,21,23). The van der Waals surface area contributed by atoms with E-state index in [9.17, 15) is 4.79 Å². The van der Waals surface area contributed by atoms with Gasteiger partial charge in [-0.2, -0.15) is 0 Å². The van der Waals surface area contributed by atoms with Crippen LogP contribution in [0.4, 0.5) is 10.5 Å². The number of benzene rings is 1. The van der Waals surface area contributed by atoms with Crippen LogP contribution in [0.5, 0.6) is 0 Å². The van der Waals surface area contributed by atoms with E-state index in [2.05, 4.69) is 10.3 Å². The van der Waals surface area contributed by atoms with E-state index in [0.717, 1.165) is 22.5 Å². The Morgan fingerprint density at radius 1 is 1.16 bits per heavy atom. The molecule has 2 amide bonds. The summed E-state index contributed by atoms with van der Waals surface area (Å²) in [7, 11) is 0. The number of aromatic nitrogens is 1. The maximum Gasteiger partial charge on any atom is 0.322 e. The largest absolute Gasteiger partial charge is 0.376 e. The lowest BCUT2D eigenvalue weighted by Gasteiger charge is -2.41. The van der Waals surface area contributed by atoms with Crippen molar-refractivity contribution < 1.29 is 14.3 Å². The van der Waals surface area contributed by atoms with Crippen LogP contribution in [0, 0.1) is 6.92 Å². The number of rotatable bonds is 2. The Balaban J connectivity index is 1.51. The Bertz CT molecular complexity index is 754. The molecule has 2 aromatic rings. The van der Waals surface area contributed by atoms with E-state index in [0.29, 0.717) is 26.3 Å². The van der Waals surface area contributed by atoms with Crippen LogP contribution < -0.4 is 5.32 Å². The van der Waals surface area contributed by atoms with Crippen LogP contribution in [0.3, 0.4) is 0 Å². The number of nitrogens with one attached hydrogen (secondary N) is 1. The zero-order valence-corrected chi connectivity index (χ0v) is 14.1. The average Bonchev–Trinajstić information content (AvgIpc) is 2.64. The molecule has 2 atom stereocenters. The van der Waals surface area contributed by atoms with Gasteiger partial charge in [0.25, 0.3) is 0 Å². The molecule has 1 aromatic carbocycles. The normalized spacial score (nSPS) is 22.5. The van der Waals surface area contributed by atoms with Crippen LogP contribution in [-0.2, 0) is 9.47 Å². The van der Waals surface area contributed by atoms with Crippen molar-refractivity contribution in [2.24, 2.45) is 0 Å². The minimum absolute atomic E-state index is 0.0341. The number of carbonyl (C=O) groups excluding carboxylic acids is 1. The van der Waals surface area contributed by atoms with Crippen LogP contribution in [0.25, 0.3) is 11.1 Å². The summed E-state index contributed by atoms with van der Waals surface area (Å²) in [6, 6.07) is 11.9. The quantitative estimate of drug-likeness (QED) is 0.914. The van der Waals surface area contributed by atoms with Crippen LogP contribution in [-0.4, -0.2) is 54.4 Å². The molecule has 4 rings (SSSR count). The van der Waals surface area contributed by atoms with Gasteiger partial charge in [-0.25, -0.2) is 4.79 Å². The molecular formula is C19H21N3O3. The minimum Gasteiger partial charge on any atom is -0.376 e. The molecule has 0 aliphatic carbocycles. The van der Waals surface area contributed by atoms with Gasteiger partial charge in [0.2, 0.25) is 0 Å². The third kappa shape index (κ3) is 3.50. The zero-order valence-electron chi connectivity index (χ0n) is 14.1. The molecule has 0 saturated carbocycles. The van der Waals surface area contributed by atoms with E-state index in [4.69, 9.17) is 9.47 Å². The molecule has 2 saturated heterocycles. The fourth-order valence-electron chi connectivity index (χ4n) is 3.25. The predicted octanol–water partition coefficient (Wildman–Crippen LogP) is 2.69. The number of pyridine rings is 1. The molecule has 130 valence electrons. The molecule has 2 fully saturated rings. The van der Waals surface area contributed by atoms with Gasteiger partial charge in [0.05, 0.1) is 49.9 Å². The summed E-state index contributed by atoms with van der Waals surface area (Å²) in [6.45, 7) is 4.08. The zero-order chi connectivity index (χ0) is 17.2. The van der Waals surface area contributed by atoms with Gasteiger partial charge < -0.3 is 19.7 Å². The highest BCUT2D eigenvalue weighted by atomic mass is 16.6. The average molecular weight is 339 g/mol. The summed E-state index contributed by atoms with van der Waals surface area (Å²) in [5.74, 6) is 0. The molecule has 2 unspecified atom stereocenters. The van der Waals surface area contributed by atoms with Gasteiger partial charge in [0.1, 0.15) is 0 Å². The number of amides is 2. The SMILES string of the molecule is Cc1ncc(-c2ccccc2)cc1NC(=O)N1CC2COCC(C1)O2. The molecule has 1 N–H and O–H groups in total. The second-order valence-electron chi connectivity index (χ2n) is 6.48. The van der Waals surface area contributed by atoms with Gasteiger partial charge in [0.15, 0.2) is 0 Å². The first-order valence-corrected chi connectivity index (χ1v) is 8.50. The number of aryl methyl sites for hydroxylation is 1. The summed E-state index contributed by atoms with van der Waals surface area (Å²) in [4.78, 5) is 18.9. The van der Waals surface area contributed by atoms with E-state index in [-0.39, 0.29) is 18.2 Å². The van der Waals surface area contributed by atoms with Crippen LogP contribution >= 0.6 is 0 Å². The number of carbonyl (C=O) groups is 1. The smallest absolute Gasteiger partial charge is 0.322 e. The van der Waals surface area contributed by atoms with E-state index < -0.39 is 0 Å². The van der Waals surface area contributed by atoms with E-state index in [1.54, 1.807) is 4.90 Å². The summed E-state index contributed by atoms with van der Waals surface area (Å²) in [5, 5.41) is 3.01. The maximum absolute atomic E-state index is 12.7. The molecule has 25 heavy (non-hydrogen) atoms. The first-order valence-electron chi connectivity index (χ1n) is 8.50. The molecule has 2 aliphatic heterocycles. The van der Waals surface area contributed by atoms with E-state index >= 15 is 0 Å². The highest BCUT2D eigenvalue weighted by molar-refractivity contribution is 5.90.